The number of anilines is 1. The zero-order chi connectivity index (χ0) is 13.9. The first-order valence-corrected chi connectivity index (χ1v) is 7.23. The van der Waals surface area contributed by atoms with Gasteiger partial charge >= 0.3 is 0 Å². The van der Waals surface area contributed by atoms with Gasteiger partial charge in [-0.3, -0.25) is 0 Å². The van der Waals surface area contributed by atoms with Crippen LogP contribution in [0.25, 0.3) is 0 Å². The topological polar surface area (TPSA) is 35.5 Å². The van der Waals surface area contributed by atoms with Crippen molar-refractivity contribution in [2.75, 3.05) is 25.0 Å². The van der Waals surface area contributed by atoms with Gasteiger partial charge in [0.15, 0.2) is 0 Å². The predicted octanol–water partition coefficient (Wildman–Crippen LogP) is 2.46. The Kier molecular flexibility index (Phi) is 4.48. The van der Waals surface area contributed by atoms with Crippen molar-refractivity contribution < 1.29 is 5.11 Å². The maximum absolute atomic E-state index is 10.2. The third-order valence-electron chi connectivity index (χ3n) is 4.01. The summed E-state index contributed by atoms with van der Waals surface area (Å²) in [6, 6.07) is 6.66. The monoisotopic (exact) mass is 262 g/mol. The number of rotatable bonds is 3. The summed E-state index contributed by atoms with van der Waals surface area (Å²) in [5, 5.41) is 13.4. The van der Waals surface area contributed by atoms with Crippen molar-refractivity contribution in [3.05, 3.63) is 29.3 Å². The highest BCUT2D eigenvalue weighted by Gasteiger charge is 2.25. The zero-order valence-electron chi connectivity index (χ0n) is 12.4. The van der Waals surface area contributed by atoms with Crippen LogP contribution in [0.15, 0.2) is 18.2 Å². The van der Waals surface area contributed by atoms with Crippen molar-refractivity contribution >= 4 is 5.69 Å². The molecule has 1 heterocycles. The lowest BCUT2D eigenvalue weighted by molar-refractivity contribution is 0.0481. The van der Waals surface area contributed by atoms with E-state index in [1.165, 1.54) is 16.8 Å². The Morgan fingerprint density at radius 1 is 1.32 bits per heavy atom. The van der Waals surface area contributed by atoms with Crippen LogP contribution in [0.2, 0.25) is 0 Å². The van der Waals surface area contributed by atoms with Gasteiger partial charge in [0.05, 0.1) is 5.60 Å². The molecule has 2 rings (SSSR count). The first-order chi connectivity index (χ1) is 9.02. The normalized spacial score (nSPS) is 24.3. The summed E-state index contributed by atoms with van der Waals surface area (Å²) >= 11 is 0. The minimum Gasteiger partial charge on any atom is -0.390 e. The molecular weight excluding hydrogens is 236 g/mol. The summed E-state index contributed by atoms with van der Waals surface area (Å²) in [5.41, 5.74) is 3.47. The lowest BCUT2D eigenvalue weighted by atomic mass is 9.98. The van der Waals surface area contributed by atoms with E-state index in [0.29, 0.717) is 0 Å². The summed E-state index contributed by atoms with van der Waals surface area (Å²) in [6.45, 7) is 6.96. The molecule has 1 unspecified atom stereocenters. The van der Waals surface area contributed by atoms with Gasteiger partial charge in [0, 0.05) is 25.3 Å². The van der Waals surface area contributed by atoms with Crippen LogP contribution in [0.4, 0.5) is 5.69 Å². The molecule has 2 N–H and O–H groups in total. The minimum atomic E-state index is -0.497. The van der Waals surface area contributed by atoms with Crippen molar-refractivity contribution in [1.29, 1.82) is 0 Å². The van der Waals surface area contributed by atoms with Gasteiger partial charge in [-0.05, 0) is 51.8 Å². The maximum atomic E-state index is 10.2. The fourth-order valence-corrected chi connectivity index (χ4v) is 2.86. The fourth-order valence-electron chi connectivity index (χ4n) is 2.86. The van der Waals surface area contributed by atoms with Crippen molar-refractivity contribution in [2.24, 2.45) is 0 Å². The number of nitrogens with one attached hydrogen (secondary N) is 1. The molecule has 3 nitrogen and oxygen atoms in total. The Bertz CT molecular complexity index is 429. The van der Waals surface area contributed by atoms with Crippen LogP contribution >= 0.6 is 0 Å². The maximum Gasteiger partial charge on any atom is 0.0637 e. The lowest BCUT2D eigenvalue weighted by Gasteiger charge is -2.27. The van der Waals surface area contributed by atoms with E-state index >= 15 is 0 Å². The Morgan fingerprint density at radius 2 is 2.11 bits per heavy atom. The molecule has 0 aliphatic carbocycles. The van der Waals surface area contributed by atoms with Gasteiger partial charge < -0.3 is 15.3 Å². The van der Waals surface area contributed by atoms with Crippen LogP contribution < -0.4 is 10.2 Å². The third-order valence-corrected chi connectivity index (χ3v) is 4.01. The lowest BCUT2D eigenvalue weighted by Crippen LogP contribution is -2.29. The molecule has 1 saturated heterocycles. The number of benzene rings is 1. The van der Waals surface area contributed by atoms with E-state index in [1.54, 1.807) is 0 Å². The minimum absolute atomic E-state index is 0.497. The van der Waals surface area contributed by atoms with Crippen LogP contribution in [-0.2, 0) is 6.54 Å². The molecule has 0 radical (unpaired) electrons. The number of hydrogen-bond acceptors (Lipinski definition) is 3. The molecule has 0 aromatic heterocycles. The second-order valence-electron chi connectivity index (χ2n) is 6.00. The van der Waals surface area contributed by atoms with Gasteiger partial charge in [0.2, 0.25) is 0 Å². The first-order valence-electron chi connectivity index (χ1n) is 7.23. The average molecular weight is 262 g/mol. The van der Waals surface area contributed by atoms with Crippen molar-refractivity contribution in [3.8, 4) is 0 Å². The summed E-state index contributed by atoms with van der Waals surface area (Å²) in [6.07, 6.45) is 2.80. The molecule has 0 bridgehead atoms. The van der Waals surface area contributed by atoms with E-state index in [-0.39, 0.29) is 0 Å². The van der Waals surface area contributed by atoms with Crippen LogP contribution in [0.1, 0.15) is 37.3 Å². The number of nitrogens with zero attached hydrogens (tertiary/aromatic N) is 1. The van der Waals surface area contributed by atoms with Crippen LogP contribution in [0, 0.1) is 6.92 Å². The number of hydrogen-bond donors (Lipinski definition) is 2. The SMILES string of the molecule is CNCc1cc(C)ccc1N1CCCC(C)(O)CC1. The second kappa shape index (κ2) is 5.93. The van der Waals surface area contributed by atoms with Gasteiger partial charge in [-0.15, -0.1) is 0 Å². The molecule has 0 amide bonds. The number of aliphatic hydroxyl groups is 1. The molecular formula is C16H26N2O. The summed E-state index contributed by atoms with van der Waals surface area (Å²) in [7, 11) is 1.99. The van der Waals surface area contributed by atoms with Crippen molar-refractivity contribution in [3.63, 3.8) is 0 Å². The van der Waals surface area contributed by atoms with Crippen LogP contribution in [-0.4, -0.2) is 30.8 Å². The first kappa shape index (κ1) is 14.4. The molecule has 1 aromatic carbocycles. The summed E-state index contributed by atoms with van der Waals surface area (Å²) in [4.78, 5) is 2.42. The van der Waals surface area contributed by atoms with Crippen molar-refractivity contribution in [1.82, 2.24) is 5.32 Å². The van der Waals surface area contributed by atoms with E-state index in [0.717, 1.165) is 38.9 Å². The smallest absolute Gasteiger partial charge is 0.0637 e. The van der Waals surface area contributed by atoms with E-state index in [4.69, 9.17) is 0 Å². The highest BCUT2D eigenvalue weighted by molar-refractivity contribution is 5.55. The Balaban J connectivity index is 2.21. The van der Waals surface area contributed by atoms with E-state index in [1.807, 2.05) is 14.0 Å². The predicted molar refractivity (Wildman–Crippen MR) is 80.6 cm³/mol. The van der Waals surface area contributed by atoms with Gasteiger partial charge in [-0.1, -0.05) is 17.7 Å². The zero-order valence-corrected chi connectivity index (χ0v) is 12.4. The fraction of sp³-hybridized carbons (Fsp3) is 0.625. The molecule has 0 saturated carbocycles. The Morgan fingerprint density at radius 3 is 2.84 bits per heavy atom. The molecule has 1 aliphatic rings. The van der Waals surface area contributed by atoms with Crippen LogP contribution in [0.3, 0.4) is 0 Å². The molecule has 19 heavy (non-hydrogen) atoms. The summed E-state index contributed by atoms with van der Waals surface area (Å²) < 4.78 is 0. The van der Waals surface area contributed by atoms with Gasteiger partial charge in [0.25, 0.3) is 0 Å². The number of aryl methyl sites for hydroxylation is 1. The quantitative estimate of drug-likeness (QED) is 0.878. The Labute approximate surface area is 116 Å². The second-order valence-corrected chi connectivity index (χ2v) is 6.00. The standard InChI is InChI=1S/C16H26N2O/c1-13-5-6-15(14(11-13)12-17-3)18-9-4-7-16(2,19)8-10-18/h5-6,11,17,19H,4,7-10,12H2,1-3H3. The summed E-state index contributed by atoms with van der Waals surface area (Å²) in [5.74, 6) is 0. The van der Waals surface area contributed by atoms with E-state index in [9.17, 15) is 5.11 Å². The largest absolute Gasteiger partial charge is 0.390 e. The van der Waals surface area contributed by atoms with Gasteiger partial charge in [0.1, 0.15) is 0 Å². The molecule has 1 aromatic rings. The van der Waals surface area contributed by atoms with E-state index < -0.39 is 5.60 Å². The van der Waals surface area contributed by atoms with Crippen LogP contribution in [0.5, 0.6) is 0 Å². The van der Waals surface area contributed by atoms with Gasteiger partial charge in [-0.25, -0.2) is 0 Å². The molecule has 106 valence electrons. The highest BCUT2D eigenvalue weighted by atomic mass is 16.3. The highest BCUT2D eigenvalue weighted by Crippen LogP contribution is 2.28. The molecule has 0 spiro atoms. The molecule has 3 heteroatoms. The molecule has 1 atom stereocenters. The third kappa shape index (κ3) is 3.71. The van der Waals surface area contributed by atoms with Gasteiger partial charge in [-0.2, -0.15) is 0 Å². The van der Waals surface area contributed by atoms with Crippen molar-refractivity contribution in [2.45, 2.75) is 45.3 Å². The Hall–Kier alpha value is -1.06. The molecule has 1 aliphatic heterocycles. The average Bonchev–Trinajstić information content (AvgIpc) is 2.51. The molecule has 1 fully saturated rings. The van der Waals surface area contributed by atoms with E-state index in [2.05, 4.69) is 35.3 Å².